The fourth-order valence-electron chi connectivity index (χ4n) is 2.68. The smallest absolute Gasteiger partial charge is 0.244 e. The number of nitrogens with one attached hydrogen (secondary N) is 1. The second-order valence-electron chi connectivity index (χ2n) is 6.43. The van der Waals surface area contributed by atoms with Crippen LogP contribution in [0.25, 0.3) is 0 Å². The summed E-state index contributed by atoms with van der Waals surface area (Å²) < 4.78 is 5.76. The van der Waals surface area contributed by atoms with Crippen LogP contribution in [-0.2, 0) is 9.59 Å². The molecule has 5 nitrogen and oxygen atoms in total. The summed E-state index contributed by atoms with van der Waals surface area (Å²) in [6, 6.07) is 24.0. The Labute approximate surface area is 164 Å². The fraction of sp³-hybridized carbons (Fsp3) is 0.130. The minimum atomic E-state index is -0.260. The number of amides is 2. The summed E-state index contributed by atoms with van der Waals surface area (Å²) in [5, 5.41) is 2.81. The number of rotatable bonds is 6. The van der Waals surface area contributed by atoms with Gasteiger partial charge in [0.1, 0.15) is 18.0 Å². The molecule has 0 fully saturated rings. The number of carbonyl (C=O) groups is 2. The molecule has 0 aliphatic rings. The Hall–Kier alpha value is -3.60. The summed E-state index contributed by atoms with van der Waals surface area (Å²) in [5.74, 6) is 0.915. The molecule has 0 saturated carbocycles. The summed E-state index contributed by atoms with van der Waals surface area (Å²) in [4.78, 5) is 25.9. The number of nitrogens with zero attached hydrogens (tertiary/aromatic N) is 1. The SMILES string of the molecule is CC(=O)N(CC(=O)Nc1ccc(C)cc1)c1ccc(Oc2ccccc2)cc1. The van der Waals surface area contributed by atoms with Gasteiger partial charge in [-0.1, -0.05) is 35.9 Å². The predicted octanol–water partition coefficient (Wildman–Crippen LogP) is 4.78. The number of hydrogen-bond acceptors (Lipinski definition) is 3. The molecule has 28 heavy (non-hydrogen) atoms. The number of carbonyl (C=O) groups excluding carboxylic acids is 2. The van der Waals surface area contributed by atoms with E-state index in [0.717, 1.165) is 11.3 Å². The van der Waals surface area contributed by atoms with E-state index >= 15 is 0 Å². The molecule has 0 aliphatic carbocycles. The van der Waals surface area contributed by atoms with Crippen molar-refractivity contribution in [2.24, 2.45) is 0 Å². The van der Waals surface area contributed by atoms with Crippen molar-refractivity contribution in [2.75, 3.05) is 16.8 Å². The number of benzene rings is 3. The Bertz CT molecular complexity index is 936. The van der Waals surface area contributed by atoms with E-state index in [-0.39, 0.29) is 18.4 Å². The van der Waals surface area contributed by atoms with Gasteiger partial charge in [0.25, 0.3) is 0 Å². The first-order chi connectivity index (χ1) is 13.5. The van der Waals surface area contributed by atoms with Crippen LogP contribution >= 0.6 is 0 Å². The fourth-order valence-corrected chi connectivity index (χ4v) is 2.68. The highest BCUT2D eigenvalue weighted by Crippen LogP contribution is 2.24. The highest BCUT2D eigenvalue weighted by molar-refractivity contribution is 6.01. The first-order valence-corrected chi connectivity index (χ1v) is 8.99. The number of anilines is 2. The first-order valence-electron chi connectivity index (χ1n) is 8.99. The van der Waals surface area contributed by atoms with Crippen LogP contribution in [0, 0.1) is 6.92 Å². The van der Waals surface area contributed by atoms with Crippen LogP contribution < -0.4 is 15.0 Å². The predicted molar refractivity (Wildman–Crippen MR) is 111 cm³/mol. The second-order valence-corrected chi connectivity index (χ2v) is 6.43. The van der Waals surface area contributed by atoms with E-state index in [1.54, 1.807) is 24.3 Å². The average Bonchev–Trinajstić information content (AvgIpc) is 2.69. The van der Waals surface area contributed by atoms with Crippen LogP contribution in [0.1, 0.15) is 12.5 Å². The Kier molecular flexibility index (Phi) is 6.07. The zero-order valence-electron chi connectivity index (χ0n) is 15.9. The van der Waals surface area contributed by atoms with Gasteiger partial charge in [-0.2, -0.15) is 0 Å². The van der Waals surface area contributed by atoms with Gasteiger partial charge in [0.05, 0.1) is 0 Å². The lowest BCUT2D eigenvalue weighted by Crippen LogP contribution is -2.36. The van der Waals surface area contributed by atoms with Crippen LogP contribution in [-0.4, -0.2) is 18.4 Å². The van der Waals surface area contributed by atoms with Gasteiger partial charge >= 0.3 is 0 Å². The summed E-state index contributed by atoms with van der Waals surface area (Å²) in [6.07, 6.45) is 0. The molecule has 2 amide bonds. The van der Waals surface area contributed by atoms with E-state index in [2.05, 4.69) is 5.32 Å². The molecule has 1 N–H and O–H groups in total. The molecule has 0 aromatic heterocycles. The molecule has 0 aliphatic heterocycles. The number of hydrogen-bond donors (Lipinski definition) is 1. The molecule has 0 spiro atoms. The van der Waals surface area contributed by atoms with Crippen LogP contribution in [0.4, 0.5) is 11.4 Å². The molecule has 0 radical (unpaired) electrons. The van der Waals surface area contributed by atoms with Gasteiger partial charge in [-0.15, -0.1) is 0 Å². The van der Waals surface area contributed by atoms with Gasteiger partial charge in [-0.25, -0.2) is 0 Å². The first kappa shape index (κ1) is 19.2. The Morgan fingerprint density at radius 1 is 0.857 bits per heavy atom. The van der Waals surface area contributed by atoms with Crippen LogP contribution in [0.2, 0.25) is 0 Å². The third-order valence-electron chi connectivity index (χ3n) is 4.14. The molecule has 0 atom stereocenters. The minimum absolute atomic E-state index is 0.0674. The molecule has 142 valence electrons. The maximum Gasteiger partial charge on any atom is 0.244 e. The third kappa shape index (κ3) is 5.20. The van der Waals surface area contributed by atoms with E-state index in [0.29, 0.717) is 17.1 Å². The number of para-hydroxylation sites is 1. The van der Waals surface area contributed by atoms with Crippen molar-refractivity contribution in [2.45, 2.75) is 13.8 Å². The molecule has 3 rings (SSSR count). The summed E-state index contributed by atoms with van der Waals surface area (Å²) in [5.41, 5.74) is 2.44. The molecular formula is C23H22N2O3. The van der Waals surface area contributed by atoms with Crippen LogP contribution in [0.15, 0.2) is 78.9 Å². The van der Waals surface area contributed by atoms with Gasteiger partial charge in [0.15, 0.2) is 0 Å². The van der Waals surface area contributed by atoms with E-state index in [1.807, 2.05) is 61.5 Å². The zero-order valence-corrected chi connectivity index (χ0v) is 15.9. The number of aryl methyl sites for hydroxylation is 1. The second kappa shape index (κ2) is 8.86. The van der Waals surface area contributed by atoms with Crippen molar-refractivity contribution in [3.8, 4) is 11.5 Å². The molecule has 5 heteroatoms. The van der Waals surface area contributed by atoms with Crippen molar-refractivity contribution in [1.29, 1.82) is 0 Å². The standard InChI is InChI=1S/C23H22N2O3/c1-17-8-10-19(11-9-17)24-23(27)16-25(18(2)26)20-12-14-22(15-13-20)28-21-6-4-3-5-7-21/h3-15H,16H2,1-2H3,(H,24,27). The van der Waals surface area contributed by atoms with E-state index in [1.165, 1.54) is 11.8 Å². The normalized spacial score (nSPS) is 10.2. The molecular weight excluding hydrogens is 352 g/mol. The summed E-state index contributed by atoms with van der Waals surface area (Å²) in [6.45, 7) is 3.35. The van der Waals surface area contributed by atoms with Crippen molar-refractivity contribution < 1.29 is 14.3 Å². The number of ether oxygens (including phenoxy) is 1. The lowest BCUT2D eigenvalue weighted by Gasteiger charge is -2.21. The average molecular weight is 374 g/mol. The monoisotopic (exact) mass is 374 g/mol. The summed E-state index contributed by atoms with van der Waals surface area (Å²) in [7, 11) is 0. The maximum absolute atomic E-state index is 12.4. The molecule has 3 aromatic rings. The molecule has 0 heterocycles. The Balaban J connectivity index is 1.66. The Morgan fingerprint density at radius 3 is 2.07 bits per heavy atom. The van der Waals surface area contributed by atoms with Crippen molar-refractivity contribution in [1.82, 2.24) is 0 Å². The van der Waals surface area contributed by atoms with Gasteiger partial charge in [0, 0.05) is 18.3 Å². The molecule has 0 saturated heterocycles. The largest absolute Gasteiger partial charge is 0.457 e. The Morgan fingerprint density at radius 2 is 1.46 bits per heavy atom. The van der Waals surface area contributed by atoms with E-state index in [9.17, 15) is 9.59 Å². The van der Waals surface area contributed by atoms with Crippen LogP contribution in [0.3, 0.4) is 0 Å². The highest BCUT2D eigenvalue weighted by Gasteiger charge is 2.16. The minimum Gasteiger partial charge on any atom is -0.457 e. The van der Waals surface area contributed by atoms with Gasteiger partial charge in [0.2, 0.25) is 11.8 Å². The van der Waals surface area contributed by atoms with E-state index in [4.69, 9.17) is 4.74 Å². The quantitative estimate of drug-likeness (QED) is 0.675. The highest BCUT2D eigenvalue weighted by atomic mass is 16.5. The molecule has 3 aromatic carbocycles. The van der Waals surface area contributed by atoms with Gasteiger partial charge in [-0.05, 0) is 55.5 Å². The van der Waals surface area contributed by atoms with E-state index < -0.39 is 0 Å². The topological polar surface area (TPSA) is 58.6 Å². The van der Waals surface area contributed by atoms with Crippen molar-refractivity contribution >= 4 is 23.2 Å². The zero-order chi connectivity index (χ0) is 19.9. The molecule has 0 unspecified atom stereocenters. The third-order valence-corrected chi connectivity index (χ3v) is 4.14. The lowest BCUT2D eigenvalue weighted by atomic mass is 10.2. The van der Waals surface area contributed by atoms with Crippen molar-refractivity contribution in [3.05, 3.63) is 84.4 Å². The lowest BCUT2D eigenvalue weighted by molar-refractivity contribution is -0.120. The van der Waals surface area contributed by atoms with Crippen molar-refractivity contribution in [3.63, 3.8) is 0 Å². The van der Waals surface area contributed by atoms with Crippen LogP contribution in [0.5, 0.6) is 11.5 Å². The molecule has 0 bridgehead atoms. The van der Waals surface area contributed by atoms with Gasteiger partial charge in [-0.3, -0.25) is 9.59 Å². The maximum atomic E-state index is 12.4. The summed E-state index contributed by atoms with van der Waals surface area (Å²) >= 11 is 0. The van der Waals surface area contributed by atoms with Gasteiger partial charge < -0.3 is 15.0 Å².